The van der Waals surface area contributed by atoms with E-state index in [2.05, 4.69) is 25.8 Å². The molecule has 0 aromatic carbocycles. The highest BCUT2D eigenvalue weighted by atomic mass is 16.6. The second kappa shape index (κ2) is 4.24. The maximum Gasteiger partial charge on any atom is 0.424 e. The molecule has 94 valence electrons. The van der Waals surface area contributed by atoms with Gasteiger partial charge >= 0.3 is 6.09 Å². The molecule has 1 aliphatic heterocycles. The van der Waals surface area contributed by atoms with Gasteiger partial charge in [-0.3, -0.25) is 0 Å². The van der Waals surface area contributed by atoms with E-state index >= 15 is 0 Å². The number of hydrazine groups is 1. The van der Waals surface area contributed by atoms with Gasteiger partial charge in [0.2, 0.25) is 0 Å². The molecule has 0 saturated carbocycles. The van der Waals surface area contributed by atoms with Crippen molar-refractivity contribution in [3.63, 3.8) is 0 Å². The molecule has 0 radical (unpaired) electrons. The standard InChI is InChI=1S/C12H24N2O2/c1-11(2,3)14-9-7-8-13(14)10(15)16-12(4,5)6/h7-9H2,1-6H3. The Morgan fingerprint density at radius 3 is 2.06 bits per heavy atom. The number of carbonyl (C=O) groups is 1. The number of hydrogen-bond acceptors (Lipinski definition) is 3. The van der Waals surface area contributed by atoms with Gasteiger partial charge in [-0.25, -0.2) is 14.8 Å². The molecule has 0 aliphatic carbocycles. The van der Waals surface area contributed by atoms with Crippen LogP contribution in [-0.4, -0.2) is 40.3 Å². The van der Waals surface area contributed by atoms with E-state index in [-0.39, 0.29) is 11.6 Å². The second-order valence-corrected chi connectivity index (χ2v) is 6.25. The fraction of sp³-hybridized carbons (Fsp3) is 0.917. The fourth-order valence-corrected chi connectivity index (χ4v) is 1.81. The molecule has 0 atom stereocenters. The van der Waals surface area contributed by atoms with Crippen LogP contribution in [0.5, 0.6) is 0 Å². The van der Waals surface area contributed by atoms with Crippen LogP contribution in [0.1, 0.15) is 48.0 Å². The molecule has 1 rings (SSSR count). The molecule has 4 nitrogen and oxygen atoms in total. The molecular weight excluding hydrogens is 204 g/mol. The Bertz CT molecular complexity index is 263. The molecule has 0 N–H and O–H groups in total. The lowest BCUT2D eigenvalue weighted by Crippen LogP contribution is -2.52. The van der Waals surface area contributed by atoms with Gasteiger partial charge in [-0.2, -0.15) is 0 Å². The van der Waals surface area contributed by atoms with Crippen molar-refractivity contribution in [1.82, 2.24) is 10.0 Å². The highest BCUT2D eigenvalue weighted by molar-refractivity contribution is 5.67. The van der Waals surface area contributed by atoms with Crippen molar-refractivity contribution in [2.24, 2.45) is 0 Å². The lowest BCUT2D eigenvalue weighted by molar-refractivity contribution is -0.0630. The molecule has 4 heteroatoms. The quantitative estimate of drug-likeness (QED) is 0.639. The summed E-state index contributed by atoms with van der Waals surface area (Å²) in [4.78, 5) is 12.0. The Balaban J connectivity index is 2.69. The van der Waals surface area contributed by atoms with Gasteiger partial charge in [-0.1, -0.05) is 0 Å². The Hall–Kier alpha value is -0.770. The molecule has 0 aromatic heterocycles. The van der Waals surface area contributed by atoms with Crippen molar-refractivity contribution in [1.29, 1.82) is 0 Å². The summed E-state index contributed by atoms with van der Waals surface area (Å²) in [5.41, 5.74) is -0.462. The predicted octanol–water partition coefficient (Wildman–Crippen LogP) is 2.64. The van der Waals surface area contributed by atoms with Crippen molar-refractivity contribution >= 4 is 6.09 Å². The number of nitrogens with zero attached hydrogens (tertiary/aromatic N) is 2. The van der Waals surface area contributed by atoms with Crippen molar-refractivity contribution in [2.45, 2.75) is 59.1 Å². The number of rotatable bonds is 0. The zero-order chi connectivity index (χ0) is 12.6. The van der Waals surface area contributed by atoms with Gasteiger partial charge in [0.1, 0.15) is 5.60 Å². The maximum absolute atomic E-state index is 12.0. The van der Waals surface area contributed by atoms with Crippen molar-refractivity contribution in [2.75, 3.05) is 13.1 Å². The number of amides is 1. The summed E-state index contributed by atoms with van der Waals surface area (Å²) < 4.78 is 5.39. The summed E-state index contributed by atoms with van der Waals surface area (Å²) in [6.07, 6.45) is 0.774. The molecule has 16 heavy (non-hydrogen) atoms. The molecule has 1 fully saturated rings. The molecular formula is C12H24N2O2. The molecule has 0 aromatic rings. The zero-order valence-corrected chi connectivity index (χ0v) is 11.3. The van der Waals surface area contributed by atoms with Gasteiger partial charge in [0.15, 0.2) is 0 Å². The van der Waals surface area contributed by atoms with Gasteiger partial charge in [-0.15, -0.1) is 0 Å². The van der Waals surface area contributed by atoms with Crippen LogP contribution in [0, 0.1) is 0 Å². The fourth-order valence-electron chi connectivity index (χ4n) is 1.81. The highest BCUT2D eigenvalue weighted by Crippen LogP contribution is 2.24. The number of carbonyl (C=O) groups excluding carboxylic acids is 1. The lowest BCUT2D eigenvalue weighted by atomic mass is 10.1. The lowest BCUT2D eigenvalue weighted by Gasteiger charge is -2.38. The first kappa shape index (κ1) is 13.3. The van der Waals surface area contributed by atoms with Crippen LogP contribution in [-0.2, 0) is 4.74 Å². The molecule has 1 aliphatic rings. The van der Waals surface area contributed by atoms with Crippen LogP contribution in [0.2, 0.25) is 0 Å². The minimum Gasteiger partial charge on any atom is -0.443 e. The normalized spacial score (nSPS) is 19.0. The SMILES string of the molecule is CC(C)(C)OC(=O)N1CCCN1C(C)(C)C. The van der Waals surface area contributed by atoms with E-state index in [4.69, 9.17) is 4.74 Å². The van der Waals surface area contributed by atoms with E-state index in [0.717, 1.165) is 19.5 Å². The summed E-state index contributed by atoms with van der Waals surface area (Å²) in [6, 6.07) is 0. The van der Waals surface area contributed by atoms with Crippen LogP contribution in [0.4, 0.5) is 4.79 Å². The summed E-state index contributed by atoms with van der Waals surface area (Å²) in [5, 5.41) is 3.81. The zero-order valence-electron chi connectivity index (χ0n) is 11.3. The van der Waals surface area contributed by atoms with Gasteiger partial charge in [-0.05, 0) is 48.0 Å². The maximum atomic E-state index is 12.0. The summed E-state index contributed by atoms with van der Waals surface area (Å²) in [7, 11) is 0. The summed E-state index contributed by atoms with van der Waals surface area (Å²) in [6.45, 7) is 13.7. The smallest absolute Gasteiger partial charge is 0.424 e. The molecule has 0 unspecified atom stereocenters. The van der Waals surface area contributed by atoms with Crippen molar-refractivity contribution in [3.8, 4) is 0 Å². The first-order valence-corrected chi connectivity index (χ1v) is 5.89. The topological polar surface area (TPSA) is 32.8 Å². The van der Waals surface area contributed by atoms with Gasteiger partial charge in [0, 0.05) is 18.6 Å². The minimum atomic E-state index is -0.427. The minimum absolute atomic E-state index is 0.0343. The van der Waals surface area contributed by atoms with Gasteiger partial charge in [0.25, 0.3) is 0 Å². The Morgan fingerprint density at radius 1 is 1.06 bits per heavy atom. The average Bonchev–Trinajstić information content (AvgIpc) is 2.45. The molecule has 0 spiro atoms. The van der Waals surface area contributed by atoms with Crippen molar-refractivity contribution < 1.29 is 9.53 Å². The van der Waals surface area contributed by atoms with Crippen LogP contribution in [0.15, 0.2) is 0 Å². The summed E-state index contributed by atoms with van der Waals surface area (Å²) in [5.74, 6) is 0. The molecule has 1 heterocycles. The largest absolute Gasteiger partial charge is 0.443 e. The highest BCUT2D eigenvalue weighted by Gasteiger charge is 2.36. The van der Waals surface area contributed by atoms with E-state index in [1.807, 2.05) is 20.8 Å². The van der Waals surface area contributed by atoms with Gasteiger partial charge in [0.05, 0.1) is 0 Å². The Kier molecular flexibility index (Phi) is 3.53. The van der Waals surface area contributed by atoms with E-state index < -0.39 is 5.60 Å². The Labute approximate surface area is 98.5 Å². The molecule has 1 saturated heterocycles. The summed E-state index contributed by atoms with van der Waals surface area (Å²) >= 11 is 0. The number of hydrogen-bond donors (Lipinski definition) is 0. The first-order valence-electron chi connectivity index (χ1n) is 5.89. The van der Waals surface area contributed by atoms with Crippen LogP contribution in [0.3, 0.4) is 0 Å². The molecule has 0 bridgehead atoms. The average molecular weight is 228 g/mol. The van der Waals surface area contributed by atoms with E-state index in [0.29, 0.717) is 0 Å². The van der Waals surface area contributed by atoms with Crippen LogP contribution >= 0.6 is 0 Å². The third-order valence-electron chi connectivity index (χ3n) is 2.41. The monoisotopic (exact) mass is 228 g/mol. The van der Waals surface area contributed by atoms with E-state index in [9.17, 15) is 4.79 Å². The van der Waals surface area contributed by atoms with E-state index in [1.54, 1.807) is 5.01 Å². The van der Waals surface area contributed by atoms with Crippen LogP contribution < -0.4 is 0 Å². The van der Waals surface area contributed by atoms with Crippen LogP contribution in [0.25, 0.3) is 0 Å². The number of ether oxygens (including phenoxy) is 1. The second-order valence-electron chi connectivity index (χ2n) is 6.25. The predicted molar refractivity (Wildman–Crippen MR) is 64.0 cm³/mol. The van der Waals surface area contributed by atoms with E-state index in [1.165, 1.54) is 0 Å². The third kappa shape index (κ3) is 3.37. The molecule has 1 amide bonds. The van der Waals surface area contributed by atoms with Gasteiger partial charge < -0.3 is 4.74 Å². The van der Waals surface area contributed by atoms with Crippen molar-refractivity contribution in [3.05, 3.63) is 0 Å². The third-order valence-corrected chi connectivity index (χ3v) is 2.41. The Morgan fingerprint density at radius 2 is 1.62 bits per heavy atom. The first-order chi connectivity index (χ1) is 7.11.